The van der Waals surface area contributed by atoms with Crippen LogP contribution in [0.15, 0.2) is 41.2 Å². The second-order valence-electron chi connectivity index (χ2n) is 4.62. The van der Waals surface area contributed by atoms with Crippen LogP contribution in [-0.2, 0) is 4.79 Å². The molecule has 104 valence electrons. The van der Waals surface area contributed by atoms with E-state index >= 15 is 0 Å². The van der Waals surface area contributed by atoms with Crippen LogP contribution in [0.5, 0.6) is 0 Å². The van der Waals surface area contributed by atoms with Crippen LogP contribution >= 0.6 is 0 Å². The summed E-state index contributed by atoms with van der Waals surface area (Å²) in [6.07, 6.45) is 4.94. The van der Waals surface area contributed by atoms with Gasteiger partial charge in [-0.1, -0.05) is 31.5 Å². The lowest BCUT2D eigenvalue weighted by Gasteiger charge is -2.00. The van der Waals surface area contributed by atoms with Crippen molar-refractivity contribution >= 4 is 22.9 Å². The normalized spacial score (nSPS) is 11.1. The van der Waals surface area contributed by atoms with E-state index in [0.717, 1.165) is 23.7 Å². The van der Waals surface area contributed by atoms with Gasteiger partial charge >= 0.3 is 0 Å². The van der Waals surface area contributed by atoms with Gasteiger partial charge in [0.15, 0.2) is 0 Å². The molecule has 0 fully saturated rings. The Kier molecular flexibility index (Phi) is 4.71. The summed E-state index contributed by atoms with van der Waals surface area (Å²) in [4.78, 5) is 26.2. The zero-order chi connectivity index (χ0) is 14.4. The van der Waals surface area contributed by atoms with E-state index in [1.54, 1.807) is 12.1 Å². The summed E-state index contributed by atoms with van der Waals surface area (Å²) in [6, 6.07) is 9.33. The van der Waals surface area contributed by atoms with Gasteiger partial charge in [0, 0.05) is 23.7 Å². The molecule has 0 unspecified atom stereocenters. The predicted molar refractivity (Wildman–Crippen MR) is 81.5 cm³/mol. The van der Waals surface area contributed by atoms with Gasteiger partial charge in [-0.05, 0) is 30.0 Å². The molecule has 20 heavy (non-hydrogen) atoms. The highest BCUT2D eigenvalue weighted by atomic mass is 16.1. The number of aromatic amines is 1. The van der Waals surface area contributed by atoms with Crippen LogP contribution in [0, 0.1) is 0 Å². The largest absolute Gasteiger partial charge is 0.353 e. The van der Waals surface area contributed by atoms with Crippen LogP contribution in [0.4, 0.5) is 0 Å². The van der Waals surface area contributed by atoms with Crippen molar-refractivity contribution in [1.82, 2.24) is 10.3 Å². The van der Waals surface area contributed by atoms with E-state index in [-0.39, 0.29) is 11.5 Å². The van der Waals surface area contributed by atoms with Gasteiger partial charge in [0.2, 0.25) is 5.91 Å². The maximum Gasteiger partial charge on any atom is 0.255 e. The molecule has 0 aliphatic rings. The Morgan fingerprint density at radius 3 is 2.95 bits per heavy atom. The fourth-order valence-corrected chi connectivity index (χ4v) is 1.90. The first-order valence-corrected chi connectivity index (χ1v) is 6.78. The second kappa shape index (κ2) is 6.70. The SMILES string of the molecule is CCCCNC(=O)/C=C/c1cc2ccccc2[nH]c1=O. The monoisotopic (exact) mass is 270 g/mol. The van der Waals surface area contributed by atoms with E-state index in [2.05, 4.69) is 17.2 Å². The number of benzene rings is 1. The smallest absolute Gasteiger partial charge is 0.255 e. The van der Waals surface area contributed by atoms with E-state index in [1.165, 1.54) is 6.08 Å². The van der Waals surface area contributed by atoms with E-state index in [1.807, 2.05) is 24.3 Å². The average Bonchev–Trinajstić information content (AvgIpc) is 2.45. The van der Waals surface area contributed by atoms with Gasteiger partial charge in [-0.3, -0.25) is 9.59 Å². The van der Waals surface area contributed by atoms with E-state index in [4.69, 9.17) is 0 Å². The van der Waals surface area contributed by atoms with Gasteiger partial charge in [-0.15, -0.1) is 0 Å². The average molecular weight is 270 g/mol. The van der Waals surface area contributed by atoms with Crippen LogP contribution in [-0.4, -0.2) is 17.4 Å². The van der Waals surface area contributed by atoms with Crippen molar-refractivity contribution in [2.75, 3.05) is 6.54 Å². The lowest BCUT2D eigenvalue weighted by atomic mass is 10.1. The number of rotatable bonds is 5. The number of amides is 1. The summed E-state index contributed by atoms with van der Waals surface area (Å²) in [5, 5.41) is 3.72. The number of unbranched alkanes of at least 4 members (excludes halogenated alkanes) is 1. The third-order valence-electron chi connectivity index (χ3n) is 3.03. The number of pyridine rings is 1. The van der Waals surface area contributed by atoms with E-state index in [0.29, 0.717) is 12.1 Å². The molecule has 0 spiro atoms. The van der Waals surface area contributed by atoms with Crippen LogP contribution in [0.25, 0.3) is 17.0 Å². The maximum atomic E-state index is 11.9. The summed E-state index contributed by atoms with van der Waals surface area (Å²) in [7, 11) is 0. The molecule has 4 nitrogen and oxygen atoms in total. The highest BCUT2D eigenvalue weighted by Crippen LogP contribution is 2.10. The number of hydrogen-bond donors (Lipinski definition) is 2. The van der Waals surface area contributed by atoms with E-state index in [9.17, 15) is 9.59 Å². The summed E-state index contributed by atoms with van der Waals surface area (Å²) < 4.78 is 0. The molecule has 4 heteroatoms. The number of nitrogens with one attached hydrogen (secondary N) is 2. The van der Waals surface area contributed by atoms with Gasteiger partial charge in [0.1, 0.15) is 0 Å². The van der Waals surface area contributed by atoms with Crippen molar-refractivity contribution in [2.24, 2.45) is 0 Å². The van der Waals surface area contributed by atoms with Crippen LogP contribution in [0.1, 0.15) is 25.3 Å². The molecule has 2 aromatic rings. The molecule has 1 aromatic carbocycles. The fourth-order valence-electron chi connectivity index (χ4n) is 1.90. The number of fused-ring (bicyclic) bond motifs is 1. The molecule has 0 atom stereocenters. The highest BCUT2D eigenvalue weighted by Gasteiger charge is 2.00. The molecule has 0 saturated heterocycles. The summed E-state index contributed by atoms with van der Waals surface area (Å²) in [5.41, 5.74) is 1.08. The molecule has 1 amide bonds. The lowest BCUT2D eigenvalue weighted by Crippen LogP contribution is -2.22. The number of hydrogen-bond acceptors (Lipinski definition) is 2. The van der Waals surface area contributed by atoms with E-state index < -0.39 is 0 Å². The van der Waals surface area contributed by atoms with Crippen molar-refractivity contribution < 1.29 is 4.79 Å². The van der Waals surface area contributed by atoms with Gasteiger partial charge in [0.25, 0.3) is 5.56 Å². The quantitative estimate of drug-likeness (QED) is 0.647. The standard InChI is InChI=1S/C16H18N2O2/c1-2-3-10-17-15(19)9-8-13-11-12-6-4-5-7-14(12)18-16(13)20/h4-9,11H,2-3,10H2,1H3,(H,17,19)(H,18,20)/b9-8+. The van der Waals surface area contributed by atoms with Crippen molar-refractivity contribution in [2.45, 2.75) is 19.8 Å². The first-order valence-electron chi connectivity index (χ1n) is 6.78. The summed E-state index contributed by atoms with van der Waals surface area (Å²) >= 11 is 0. The van der Waals surface area contributed by atoms with Crippen molar-refractivity contribution in [3.8, 4) is 0 Å². The molecule has 2 N–H and O–H groups in total. The minimum Gasteiger partial charge on any atom is -0.353 e. The van der Waals surface area contributed by atoms with Crippen LogP contribution < -0.4 is 10.9 Å². The first kappa shape index (κ1) is 14.1. The highest BCUT2D eigenvalue weighted by molar-refractivity contribution is 5.92. The Bertz CT molecular complexity index is 686. The molecule has 0 bridgehead atoms. The van der Waals surface area contributed by atoms with Crippen molar-refractivity contribution in [3.63, 3.8) is 0 Å². The Labute approximate surface area is 117 Å². The second-order valence-corrected chi connectivity index (χ2v) is 4.62. The number of aromatic nitrogens is 1. The van der Waals surface area contributed by atoms with Crippen molar-refractivity contribution in [1.29, 1.82) is 0 Å². The Balaban J connectivity index is 2.15. The Morgan fingerprint density at radius 1 is 1.35 bits per heavy atom. The number of H-pyrrole nitrogens is 1. The molecular weight excluding hydrogens is 252 g/mol. The van der Waals surface area contributed by atoms with Gasteiger partial charge in [-0.2, -0.15) is 0 Å². The Morgan fingerprint density at radius 2 is 2.15 bits per heavy atom. The topological polar surface area (TPSA) is 62.0 Å². The van der Waals surface area contributed by atoms with Gasteiger partial charge < -0.3 is 10.3 Å². The molecule has 1 aromatic heterocycles. The number of para-hydroxylation sites is 1. The molecule has 1 heterocycles. The minimum absolute atomic E-state index is 0.175. The molecule has 0 aliphatic carbocycles. The van der Waals surface area contributed by atoms with Crippen LogP contribution in [0.2, 0.25) is 0 Å². The van der Waals surface area contributed by atoms with Crippen molar-refractivity contribution in [3.05, 3.63) is 52.3 Å². The zero-order valence-electron chi connectivity index (χ0n) is 11.5. The third kappa shape index (κ3) is 3.57. The van der Waals surface area contributed by atoms with Gasteiger partial charge in [-0.25, -0.2) is 0 Å². The minimum atomic E-state index is -0.193. The molecule has 0 radical (unpaired) electrons. The zero-order valence-corrected chi connectivity index (χ0v) is 11.5. The number of carbonyl (C=O) groups excluding carboxylic acids is 1. The predicted octanol–water partition coefficient (Wildman–Crippen LogP) is 2.46. The molecule has 2 rings (SSSR count). The molecule has 0 aliphatic heterocycles. The number of carbonyl (C=O) groups is 1. The fraction of sp³-hybridized carbons (Fsp3) is 0.250. The summed E-state index contributed by atoms with van der Waals surface area (Å²) in [6.45, 7) is 2.73. The maximum absolute atomic E-state index is 11.9. The summed E-state index contributed by atoms with van der Waals surface area (Å²) in [5.74, 6) is -0.175. The molecule has 0 saturated carbocycles. The first-order chi connectivity index (χ1) is 9.70. The third-order valence-corrected chi connectivity index (χ3v) is 3.03. The Hall–Kier alpha value is -2.36. The van der Waals surface area contributed by atoms with Gasteiger partial charge in [0.05, 0.1) is 0 Å². The van der Waals surface area contributed by atoms with Crippen LogP contribution in [0.3, 0.4) is 0 Å². The molecular formula is C16H18N2O2. The lowest BCUT2D eigenvalue weighted by molar-refractivity contribution is -0.116.